The van der Waals surface area contributed by atoms with Crippen molar-refractivity contribution in [2.75, 3.05) is 19.6 Å². The maximum Gasteiger partial charge on any atom is 0.317 e. The summed E-state index contributed by atoms with van der Waals surface area (Å²) < 4.78 is 13.9. The predicted molar refractivity (Wildman–Crippen MR) is 88.1 cm³/mol. The number of benzene rings is 1. The molecule has 1 aromatic rings. The number of Topliss-reactive ketones (excluding diaryl/α,β-unsaturated/α-hetero) is 1. The molecule has 6 nitrogen and oxygen atoms in total. The van der Waals surface area contributed by atoms with Gasteiger partial charge in [0.15, 0.2) is 5.78 Å². The third-order valence-electron chi connectivity index (χ3n) is 4.69. The number of piperidine rings is 1. The van der Waals surface area contributed by atoms with Crippen LogP contribution in [0, 0.1) is 11.2 Å². The molecule has 1 aliphatic heterocycles. The van der Waals surface area contributed by atoms with Crippen molar-refractivity contribution in [3.8, 4) is 0 Å². The van der Waals surface area contributed by atoms with Gasteiger partial charge in [0.2, 0.25) is 0 Å². The fourth-order valence-corrected chi connectivity index (χ4v) is 3.28. The second kappa shape index (κ2) is 7.93. The molecule has 1 aliphatic rings. The van der Waals surface area contributed by atoms with Crippen LogP contribution in [-0.4, -0.2) is 52.5 Å². The lowest BCUT2D eigenvalue weighted by Crippen LogP contribution is -2.49. The van der Waals surface area contributed by atoms with Crippen LogP contribution < -0.4 is 0 Å². The number of aliphatic carboxylic acids is 2. The van der Waals surface area contributed by atoms with Crippen LogP contribution in [0.15, 0.2) is 18.2 Å². The van der Waals surface area contributed by atoms with Gasteiger partial charge in [0.25, 0.3) is 0 Å². The maximum atomic E-state index is 13.9. The number of hydrogen-bond acceptors (Lipinski definition) is 4. The van der Waals surface area contributed by atoms with Gasteiger partial charge in [0, 0.05) is 23.6 Å². The minimum absolute atomic E-state index is 0.00287. The smallest absolute Gasteiger partial charge is 0.317 e. The number of carbonyl (C=O) groups excluding carboxylic acids is 1. The minimum atomic E-state index is -1.59. The van der Waals surface area contributed by atoms with Gasteiger partial charge in [-0.25, -0.2) is 4.39 Å². The lowest BCUT2D eigenvalue weighted by molar-refractivity contribution is -0.158. The van der Waals surface area contributed by atoms with E-state index in [1.54, 1.807) is 0 Å². The number of nitrogens with zero attached hydrogens (tertiary/aromatic N) is 1. The van der Waals surface area contributed by atoms with Gasteiger partial charge < -0.3 is 15.1 Å². The Labute approximate surface area is 149 Å². The number of hydrogen-bond donors (Lipinski definition) is 2. The van der Waals surface area contributed by atoms with E-state index in [-0.39, 0.29) is 36.3 Å². The van der Waals surface area contributed by atoms with Gasteiger partial charge in [0.05, 0.1) is 6.42 Å². The number of rotatable bonds is 7. The first-order valence-electron chi connectivity index (χ1n) is 7.90. The number of halogens is 2. The molecule has 0 radical (unpaired) electrons. The monoisotopic (exact) mass is 371 g/mol. The first kappa shape index (κ1) is 19.3. The Morgan fingerprint density at radius 3 is 2.36 bits per heavy atom. The van der Waals surface area contributed by atoms with Crippen molar-refractivity contribution in [2.45, 2.75) is 25.7 Å². The lowest BCUT2D eigenvalue weighted by atomic mass is 9.73. The molecule has 0 unspecified atom stereocenters. The summed E-state index contributed by atoms with van der Waals surface area (Å²) in [4.78, 5) is 36.9. The largest absolute Gasteiger partial charge is 0.481 e. The van der Waals surface area contributed by atoms with E-state index in [2.05, 4.69) is 0 Å². The van der Waals surface area contributed by atoms with Crippen molar-refractivity contribution < 1.29 is 29.0 Å². The second-order valence-corrected chi connectivity index (χ2v) is 6.58. The summed E-state index contributed by atoms with van der Waals surface area (Å²) >= 11 is 5.93. The highest BCUT2D eigenvalue weighted by Crippen LogP contribution is 2.35. The normalized spacial score (nSPS) is 17.2. The van der Waals surface area contributed by atoms with E-state index in [4.69, 9.17) is 16.7 Å². The zero-order chi connectivity index (χ0) is 18.6. The lowest BCUT2D eigenvalue weighted by Gasteiger charge is -2.37. The van der Waals surface area contributed by atoms with Crippen LogP contribution in [0.25, 0.3) is 0 Å². The molecule has 136 valence electrons. The average molecular weight is 372 g/mol. The first-order chi connectivity index (χ1) is 11.8. The van der Waals surface area contributed by atoms with E-state index in [0.717, 1.165) is 0 Å². The molecule has 1 saturated heterocycles. The highest BCUT2D eigenvalue weighted by Gasteiger charge is 2.47. The number of ketones is 1. The quantitative estimate of drug-likeness (QED) is 0.714. The molecule has 1 fully saturated rings. The zero-order valence-electron chi connectivity index (χ0n) is 13.5. The summed E-state index contributed by atoms with van der Waals surface area (Å²) in [7, 11) is 0. The molecular weight excluding hydrogens is 353 g/mol. The van der Waals surface area contributed by atoms with Gasteiger partial charge in [-0.1, -0.05) is 17.7 Å². The van der Waals surface area contributed by atoms with Crippen molar-refractivity contribution in [3.05, 3.63) is 34.6 Å². The van der Waals surface area contributed by atoms with E-state index < -0.39 is 29.0 Å². The summed E-state index contributed by atoms with van der Waals surface area (Å²) in [6, 6.07) is 4.05. The number of likely N-dealkylation sites (tertiary alicyclic amines) is 1. The highest BCUT2D eigenvalue weighted by atomic mass is 35.5. The number of carbonyl (C=O) groups is 3. The third-order valence-corrected chi connectivity index (χ3v) is 5.05. The van der Waals surface area contributed by atoms with Gasteiger partial charge in [0.1, 0.15) is 11.2 Å². The van der Waals surface area contributed by atoms with Crippen molar-refractivity contribution in [1.29, 1.82) is 0 Å². The number of carboxylic acids is 2. The molecule has 2 rings (SSSR count). The van der Waals surface area contributed by atoms with Gasteiger partial charge in [-0.3, -0.25) is 14.4 Å². The Bertz CT molecular complexity index is 665. The maximum absolute atomic E-state index is 13.9. The Balaban J connectivity index is 2.12. The topological polar surface area (TPSA) is 94.9 Å². The van der Waals surface area contributed by atoms with E-state index in [1.165, 1.54) is 18.2 Å². The fraction of sp³-hybridized carbons (Fsp3) is 0.471. The second-order valence-electron chi connectivity index (χ2n) is 6.17. The molecule has 0 saturated carbocycles. The molecule has 1 heterocycles. The highest BCUT2D eigenvalue weighted by molar-refractivity contribution is 6.31. The SMILES string of the molecule is O=C(O)CCN1CCC(C(=O)O)(C(=O)Cc2c(F)cccc2Cl)CC1. The van der Waals surface area contributed by atoms with E-state index >= 15 is 0 Å². The van der Waals surface area contributed by atoms with Crippen molar-refractivity contribution in [2.24, 2.45) is 5.41 Å². The zero-order valence-corrected chi connectivity index (χ0v) is 14.3. The van der Waals surface area contributed by atoms with Crippen LogP contribution in [-0.2, 0) is 20.8 Å². The summed E-state index contributed by atoms with van der Waals surface area (Å²) in [5.74, 6) is -3.38. The fourth-order valence-electron chi connectivity index (χ4n) is 3.06. The number of carboxylic acid groups (broad SMARTS) is 2. The summed E-state index contributed by atoms with van der Waals surface area (Å²) in [5, 5.41) is 18.4. The molecule has 0 amide bonds. The van der Waals surface area contributed by atoms with Gasteiger partial charge in [-0.2, -0.15) is 0 Å². The van der Waals surface area contributed by atoms with Crippen LogP contribution >= 0.6 is 11.6 Å². The molecule has 25 heavy (non-hydrogen) atoms. The van der Waals surface area contributed by atoms with Crippen LogP contribution in [0.2, 0.25) is 5.02 Å². The van der Waals surface area contributed by atoms with Crippen molar-refractivity contribution in [3.63, 3.8) is 0 Å². The van der Waals surface area contributed by atoms with Crippen molar-refractivity contribution in [1.82, 2.24) is 4.90 Å². The molecule has 0 atom stereocenters. The van der Waals surface area contributed by atoms with E-state index in [9.17, 15) is 23.9 Å². The van der Waals surface area contributed by atoms with Crippen LogP contribution in [0.3, 0.4) is 0 Å². The van der Waals surface area contributed by atoms with Gasteiger partial charge in [-0.15, -0.1) is 0 Å². The average Bonchev–Trinajstić information content (AvgIpc) is 2.56. The molecule has 0 aliphatic carbocycles. The van der Waals surface area contributed by atoms with Gasteiger partial charge >= 0.3 is 11.9 Å². The van der Waals surface area contributed by atoms with E-state index in [1.807, 2.05) is 4.90 Å². The third kappa shape index (κ3) is 4.35. The molecule has 0 bridgehead atoms. The van der Waals surface area contributed by atoms with Gasteiger partial charge in [-0.05, 0) is 38.1 Å². The van der Waals surface area contributed by atoms with Crippen LogP contribution in [0.5, 0.6) is 0 Å². The first-order valence-corrected chi connectivity index (χ1v) is 8.28. The molecule has 2 N–H and O–H groups in total. The molecule has 1 aromatic carbocycles. The standard InChI is InChI=1S/C17H19ClFNO5/c18-12-2-1-3-13(19)11(12)10-14(21)17(16(24)25)5-8-20(9-6-17)7-4-15(22)23/h1-3H,4-10H2,(H,22,23)(H,24,25). The summed E-state index contributed by atoms with van der Waals surface area (Å²) in [6.07, 6.45) is -0.300. The van der Waals surface area contributed by atoms with Crippen molar-refractivity contribution >= 4 is 29.3 Å². The van der Waals surface area contributed by atoms with Crippen LogP contribution in [0.4, 0.5) is 4.39 Å². The van der Waals surface area contributed by atoms with E-state index in [0.29, 0.717) is 19.6 Å². The predicted octanol–water partition coefficient (Wildman–Crippen LogP) is 2.23. The summed E-state index contributed by atoms with van der Waals surface area (Å²) in [6.45, 7) is 0.908. The molecule has 0 spiro atoms. The minimum Gasteiger partial charge on any atom is -0.481 e. The Morgan fingerprint density at radius 1 is 1.20 bits per heavy atom. The Morgan fingerprint density at radius 2 is 1.84 bits per heavy atom. The Kier molecular flexibility index (Phi) is 6.13. The molecule has 0 aromatic heterocycles. The van der Waals surface area contributed by atoms with Crippen LogP contribution in [0.1, 0.15) is 24.8 Å². The molecule has 8 heteroatoms. The summed E-state index contributed by atoms with van der Waals surface area (Å²) in [5.41, 5.74) is -1.59. The Hall–Kier alpha value is -1.99. The molecular formula is C17H19ClFNO5.